The summed E-state index contributed by atoms with van der Waals surface area (Å²) in [6.45, 7) is -0.120. The van der Waals surface area contributed by atoms with Crippen molar-refractivity contribution in [3.63, 3.8) is 0 Å². The largest absolute Gasteiger partial charge is 0.484 e. The first-order chi connectivity index (χ1) is 15.2. The van der Waals surface area contributed by atoms with Gasteiger partial charge in [0.2, 0.25) is 0 Å². The molecule has 1 aromatic heterocycles. The molecule has 4 aromatic rings. The molecule has 0 unspecified atom stereocenters. The standard InChI is InChI=1S/C25H19NO4S/c27-24(15-29-19-12-10-18-11-13-25(28)30-22(18)14-19)26-20-8-4-5-9-23(20)31-16-21(26)17-6-2-1-3-7-17/h1-14,21H,15-16H2/t21-/m1/s1. The molecule has 0 saturated heterocycles. The normalized spacial score (nSPS) is 15.5. The Morgan fingerprint density at radius 3 is 2.65 bits per heavy atom. The average Bonchev–Trinajstić information content (AvgIpc) is 2.82. The SMILES string of the molecule is O=C(COc1ccc2ccc(=O)oc2c1)N1c2ccccc2SC[C@@H]1c1ccccc1. The second kappa shape index (κ2) is 8.32. The lowest BCUT2D eigenvalue weighted by Gasteiger charge is -2.37. The number of thioether (sulfide) groups is 1. The molecule has 0 aliphatic carbocycles. The molecule has 2 heterocycles. The highest BCUT2D eigenvalue weighted by atomic mass is 32.2. The molecule has 3 aromatic carbocycles. The molecule has 0 N–H and O–H groups in total. The molecular formula is C25H19NO4S. The summed E-state index contributed by atoms with van der Waals surface area (Å²) in [7, 11) is 0. The van der Waals surface area contributed by atoms with Crippen molar-refractivity contribution in [1.82, 2.24) is 0 Å². The predicted octanol–water partition coefficient (Wildman–Crippen LogP) is 5.05. The van der Waals surface area contributed by atoms with Crippen LogP contribution in [0.1, 0.15) is 11.6 Å². The van der Waals surface area contributed by atoms with Crippen LogP contribution in [0.4, 0.5) is 5.69 Å². The minimum atomic E-state index is -0.422. The Balaban J connectivity index is 1.42. The first-order valence-corrected chi connectivity index (χ1v) is 10.9. The maximum atomic E-state index is 13.4. The van der Waals surface area contributed by atoms with Crippen molar-refractivity contribution in [2.24, 2.45) is 0 Å². The fourth-order valence-electron chi connectivity index (χ4n) is 3.76. The van der Waals surface area contributed by atoms with Crippen LogP contribution in [0.15, 0.2) is 99.0 Å². The molecule has 1 amide bonds. The van der Waals surface area contributed by atoms with Crippen molar-refractivity contribution in [2.75, 3.05) is 17.3 Å². The lowest BCUT2D eigenvalue weighted by Crippen LogP contribution is -2.41. The lowest BCUT2D eigenvalue weighted by molar-refractivity contribution is -0.121. The van der Waals surface area contributed by atoms with Crippen LogP contribution in [-0.4, -0.2) is 18.3 Å². The Kier molecular flexibility index (Phi) is 5.22. The van der Waals surface area contributed by atoms with Crippen LogP contribution in [0, 0.1) is 0 Å². The number of fused-ring (bicyclic) bond motifs is 2. The van der Waals surface area contributed by atoms with Crippen molar-refractivity contribution in [3.05, 3.63) is 101 Å². The van der Waals surface area contributed by atoms with Gasteiger partial charge in [-0.3, -0.25) is 9.69 Å². The average molecular weight is 429 g/mol. The maximum absolute atomic E-state index is 13.4. The summed E-state index contributed by atoms with van der Waals surface area (Å²) in [6.07, 6.45) is 0. The summed E-state index contributed by atoms with van der Waals surface area (Å²) < 4.78 is 11.0. The Morgan fingerprint density at radius 1 is 1.00 bits per heavy atom. The number of carbonyl (C=O) groups is 1. The molecule has 154 valence electrons. The van der Waals surface area contributed by atoms with Crippen molar-refractivity contribution >= 4 is 34.3 Å². The molecule has 31 heavy (non-hydrogen) atoms. The number of para-hydroxylation sites is 1. The van der Waals surface area contributed by atoms with Gasteiger partial charge in [0.25, 0.3) is 5.91 Å². The third kappa shape index (κ3) is 3.94. The molecule has 1 aliphatic heterocycles. The molecule has 1 aliphatic rings. The van der Waals surface area contributed by atoms with Crippen LogP contribution in [-0.2, 0) is 4.79 Å². The van der Waals surface area contributed by atoms with Gasteiger partial charge in [-0.15, -0.1) is 11.8 Å². The number of nitrogens with zero attached hydrogens (tertiary/aromatic N) is 1. The minimum absolute atomic E-state index is 0.0770. The quantitative estimate of drug-likeness (QED) is 0.425. The van der Waals surface area contributed by atoms with Gasteiger partial charge in [-0.1, -0.05) is 42.5 Å². The van der Waals surface area contributed by atoms with Crippen LogP contribution < -0.4 is 15.3 Å². The zero-order valence-electron chi connectivity index (χ0n) is 16.6. The Hall–Kier alpha value is -3.51. The first-order valence-electron chi connectivity index (χ1n) is 9.94. The van der Waals surface area contributed by atoms with Gasteiger partial charge in [-0.05, 0) is 35.9 Å². The summed E-state index contributed by atoms with van der Waals surface area (Å²) in [5.74, 6) is 1.12. The predicted molar refractivity (Wildman–Crippen MR) is 122 cm³/mol. The van der Waals surface area contributed by atoms with Crippen LogP contribution in [0.3, 0.4) is 0 Å². The highest BCUT2D eigenvalue weighted by Crippen LogP contribution is 2.43. The lowest BCUT2D eigenvalue weighted by atomic mass is 10.1. The Morgan fingerprint density at radius 2 is 1.77 bits per heavy atom. The van der Waals surface area contributed by atoms with Gasteiger partial charge in [0.15, 0.2) is 6.61 Å². The van der Waals surface area contributed by atoms with Gasteiger partial charge >= 0.3 is 5.63 Å². The van der Waals surface area contributed by atoms with Gasteiger partial charge in [-0.25, -0.2) is 4.79 Å². The summed E-state index contributed by atoms with van der Waals surface area (Å²) in [5.41, 5.74) is 1.99. The van der Waals surface area contributed by atoms with Crippen molar-refractivity contribution in [3.8, 4) is 5.75 Å². The maximum Gasteiger partial charge on any atom is 0.336 e. The highest BCUT2D eigenvalue weighted by molar-refractivity contribution is 7.99. The fourth-order valence-corrected chi connectivity index (χ4v) is 4.93. The molecule has 6 heteroatoms. The number of hydrogen-bond acceptors (Lipinski definition) is 5. The third-order valence-electron chi connectivity index (χ3n) is 5.24. The van der Waals surface area contributed by atoms with Crippen LogP contribution in [0.25, 0.3) is 11.0 Å². The highest BCUT2D eigenvalue weighted by Gasteiger charge is 2.32. The van der Waals surface area contributed by atoms with Crippen LogP contribution >= 0.6 is 11.8 Å². The minimum Gasteiger partial charge on any atom is -0.484 e. The summed E-state index contributed by atoms with van der Waals surface area (Å²) in [4.78, 5) is 27.8. The summed E-state index contributed by atoms with van der Waals surface area (Å²) in [6, 6.07) is 26.2. The molecule has 0 bridgehead atoms. The Labute approximate surface area is 183 Å². The van der Waals surface area contributed by atoms with Gasteiger partial charge in [0.1, 0.15) is 11.3 Å². The van der Waals surface area contributed by atoms with E-state index in [4.69, 9.17) is 9.15 Å². The summed E-state index contributed by atoms with van der Waals surface area (Å²) >= 11 is 1.75. The second-order valence-corrected chi connectivity index (χ2v) is 8.27. The van der Waals surface area contributed by atoms with E-state index in [1.165, 1.54) is 6.07 Å². The molecule has 0 saturated carbocycles. The number of hydrogen-bond donors (Lipinski definition) is 0. The third-order valence-corrected chi connectivity index (χ3v) is 6.38. The zero-order valence-corrected chi connectivity index (χ0v) is 17.4. The molecule has 5 rings (SSSR count). The van der Waals surface area contributed by atoms with E-state index in [0.29, 0.717) is 11.3 Å². The first kappa shape index (κ1) is 19.5. The number of amides is 1. The van der Waals surface area contributed by atoms with Crippen molar-refractivity contribution < 1.29 is 13.9 Å². The number of carbonyl (C=O) groups excluding carboxylic acids is 1. The molecule has 0 spiro atoms. The smallest absolute Gasteiger partial charge is 0.336 e. The van der Waals surface area contributed by atoms with Gasteiger partial charge in [-0.2, -0.15) is 0 Å². The van der Waals surface area contributed by atoms with Gasteiger partial charge in [0.05, 0.1) is 11.7 Å². The molecular weight excluding hydrogens is 410 g/mol. The van der Waals surface area contributed by atoms with Crippen LogP contribution in [0.5, 0.6) is 5.75 Å². The number of rotatable bonds is 4. The van der Waals surface area contributed by atoms with E-state index < -0.39 is 5.63 Å². The molecule has 1 atom stereocenters. The monoisotopic (exact) mass is 429 g/mol. The van der Waals surface area contributed by atoms with Crippen LogP contribution in [0.2, 0.25) is 0 Å². The van der Waals surface area contributed by atoms with E-state index in [1.807, 2.05) is 59.5 Å². The van der Waals surface area contributed by atoms with Gasteiger partial charge < -0.3 is 9.15 Å². The van der Waals surface area contributed by atoms with E-state index in [-0.39, 0.29) is 18.6 Å². The van der Waals surface area contributed by atoms with E-state index in [0.717, 1.165) is 27.3 Å². The van der Waals surface area contributed by atoms with E-state index in [9.17, 15) is 9.59 Å². The molecule has 0 fully saturated rings. The van der Waals surface area contributed by atoms with E-state index in [2.05, 4.69) is 0 Å². The van der Waals surface area contributed by atoms with Gasteiger partial charge in [0, 0.05) is 28.2 Å². The molecule has 0 radical (unpaired) electrons. The number of ether oxygens (including phenoxy) is 1. The fraction of sp³-hybridized carbons (Fsp3) is 0.120. The van der Waals surface area contributed by atoms with E-state index >= 15 is 0 Å². The molecule has 5 nitrogen and oxygen atoms in total. The number of anilines is 1. The second-order valence-electron chi connectivity index (χ2n) is 7.21. The van der Waals surface area contributed by atoms with E-state index in [1.54, 1.807) is 36.0 Å². The Bertz CT molecular complexity index is 1300. The van der Waals surface area contributed by atoms with Crippen molar-refractivity contribution in [1.29, 1.82) is 0 Å². The summed E-state index contributed by atoms with van der Waals surface area (Å²) in [5, 5.41) is 0.796. The number of benzene rings is 3. The topological polar surface area (TPSA) is 59.8 Å². The van der Waals surface area contributed by atoms with Crippen molar-refractivity contribution in [2.45, 2.75) is 10.9 Å². The zero-order chi connectivity index (χ0) is 21.2.